The Bertz CT molecular complexity index is 1850. The third-order valence-electron chi connectivity index (χ3n) is 9.74. The van der Waals surface area contributed by atoms with E-state index in [1.165, 1.54) is 12.8 Å². The summed E-state index contributed by atoms with van der Waals surface area (Å²) in [5.74, 6) is 8.46. The molecule has 0 spiro atoms. The van der Waals surface area contributed by atoms with E-state index < -0.39 is 6.17 Å². The molecule has 3 aliphatic rings. The van der Waals surface area contributed by atoms with Crippen LogP contribution >= 0.6 is 0 Å². The summed E-state index contributed by atoms with van der Waals surface area (Å²) in [4.78, 5) is 29.3. The number of aryl methyl sites for hydroxylation is 2. The lowest BCUT2D eigenvalue weighted by Gasteiger charge is -2.44. The first-order chi connectivity index (χ1) is 22.7. The second-order valence-corrected chi connectivity index (χ2v) is 13.5. The van der Waals surface area contributed by atoms with E-state index in [0.717, 1.165) is 101 Å². The lowest BCUT2D eigenvalue weighted by Crippen LogP contribution is -2.59. The van der Waals surface area contributed by atoms with Crippen molar-refractivity contribution in [2.75, 3.05) is 77.3 Å². The summed E-state index contributed by atoms with van der Waals surface area (Å²) in [5, 5.41) is 7.41. The number of nitrogens with two attached hydrogens (primary N) is 1. The minimum atomic E-state index is -0.458. The fourth-order valence-corrected chi connectivity index (χ4v) is 7.27. The Kier molecular flexibility index (Phi) is 8.46. The minimum Gasteiger partial charge on any atom is -0.377 e. The maximum Gasteiger partial charge on any atom is 0.220 e. The number of aromatic nitrogens is 2. The molecule has 3 N–H and O–H groups in total. The van der Waals surface area contributed by atoms with Crippen molar-refractivity contribution in [3.8, 4) is 0 Å². The number of anilines is 2. The Hall–Kier alpha value is -4.32. The van der Waals surface area contributed by atoms with Crippen LogP contribution in [0, 0.1) is 13.8 Å². The summed E-state index contributed by atoms with van der Waals surface area (Å²) in [6, 6.07) is 17.6. The molecule has 0 bridgehead atoms. The summed E-state index contributed by atoms with van der Waals surface area (Å²) in [5.41, 5.74) is 8.08. The molecule has 0 aliphatic carbocycles. The molecule has 4 aromatic rings. The summed E-state index contributed by atoms with van der Waals surface area (Å²) in [6.07, 6.45) is 1.96. The van der Waals surface area contributed by atoms with Crippen molar-refractivity contribution in [2.24, 2.45) is 15.8 Å². The Balaban J connectivity index is 1.30. The van der Waals surface area contributed by atoms with Crippen molar-refractivity contribution < 1.29 is 0 Å². The van der Waals surface area contributed by atoms with Crippen molar-refractivity contribution in [3.05, 3.63) is 71.0 Å². The number of benzene rings is 2. The van der Waals surface area contributed by atoms with Crippen LogP contribution in [0.15, 0.2) is 58.5 Å². The fourth-order valence-electron chi connectivity index (χ4n) is 7.27. The highest BCUT2D eigenvalue weighted by Crippen LogP contribution is 2.34. The molecule has 3 aliphatic heterocycles. The van der Waals surface area contributed by atoms with Gasteiger partial charge in [0.15, 0.2) is 12.0 Å². The van der Waals surface area contributed by atoms with Crippen molar-refractivity contribution in [3.63, 3.8) is 0 Å². The number of aliphatic imine (C=N–C) groups is 2. The van der Waals surface area contributed by atoms with E-state index in [1.807, 2.05) is 13.8 Å². The number of guanidine groups is 1. The summed E-state index contributed by atoms with van der Waals surface area (Å²) in [7, 11) is 8.27. The van der Waals surface area contributed by atoms with Gasteiger partial charge in [-0.1, -0.05) is 6.07 Å². The van der Waals surface area contributed by atoms with Gasteiger partial charge in [-0.05, 0) is 87.8 Å². The first-order valence-electron chi connectivity index (χ1n) is 16.7. The van der Waals surface area contributed by atoms with Crippen LogP contribution in [0.3, 0.4) is 0 Å². The van der Waals surface area contributed by atoms with Gasteiger partial charge in [-0.25, -0.2) is 10.8 Å². The lowest BCUT2D eigenvalue weighted by atomic mass is 10.0. The minimum absolute atomic E-state index is 0.458. The van der Waals surface area contributed by atoms with Crippen LogP contribution in [-0.4, -0.2) is 110 Å². The van der Waals surface area contributed by atoms with Crippen LogP contribution in [0.4, 0.5) is 11.4 Å². The van der Waals surface area contributed by atoms with Crippen LogP contribution < -0.4 is 21.0 Å². The van der Waals surface area contributed by atoms with E-state index in [1.54, 1.807) is 5.01 Å². The molecule has 11 heteroatoms. The van der Waals surface area contributed by atoms with Gasteiger partial charge in [0.2, 0.25) is 5.96 Å². The second-order valence-electron chi connectivity index (χ2n) is 13.5. The molecule has 0 radical (unpaired) electrons. The van der Waals surface area contributed by atoms with E-state index in [2.05, 4.69) is 102 Å². The molecule has 1 unspecified atom stereocenters. The number of hydrazine groups is 1. The molecule has 5 heterocycles. The number of nitrogens with one attached hydrogen (secondary N) is 1. The fraction of sp³-hybridized carbons (Fsp3) is 0.444. The SMILES string of the molecule is Cc1cc(N(C)C)c2cc(C3=NC(c4ccc5nc(C)cc(N(C)C)c5c4)N(N)C(N4CCN(C5CCNCC5)CC4)=N3)ccc2n1. The van der Waals surface area contributed by atoms with Crippen LogP contribution in [0.5, 0.6) is 0 Å². The van der Waals surface area contributed by atoms with Crippen LogP contribution in [0.2, 0.25) is 0 Å². The van der Waals surface area contributed by atoms with E-state index in [-0.39, 0.29) is 0 Å². The van der Waals surface area contributed by atoms with Crippen molar-refractivity contribution in [1.29, 1.82) is 0 Å². The normalized spacial score (nSPS) is 19.7. The molecule has 7 rings (SSSR count). The molecule has 246 valence electrons. The third kappa shape index (κ3) is 6.10. The zero-order valence-electron chi connectivity index (χ0n) is 28.5. The molecular weight excluding hydrogens is 586 g/mol. The highest BCUT2D eigenvalue weighted by Gasteiger charge is 2.33. The first kappa shape index (κ1) is 31.3. The van der Waals surface area contributed by atoms with Crippen molar-refractivity contribution in [1.82, 2.24) is 30.1 Å². The molecular formula is C36H47N11. The van der Waals surface area contributed by atoms with Gasteiger partial charge >= 0.3 is 0 Å². The Morgan fingerprint density at radius 2 is 1.36 bits per heavy atom. The average molecular weight is 634 g/mol. The van der Waals surface area contributed by atoms with Crippen LogP contribution in [0.25, 0.3) is 21.8 Å². The van der Waals surface area contributed by atoms with Crippen molar-refractivity contribution >= 4 is 45.0 Å². The molecule has 11 nitrogen and oxygen atoms in total. The molecule has 2 aromatic carbocycles. The lowest BCUT2D eigenvalue weighted by molar-refractivity contribution is 0.102. The smallest absolute Gasteiger partial charge is 0.220 e. The molecule has 1 atom stereocenters. The van der Waals surface area contributed by atoms with Gasteiger partial charge in [0, 0.05) is 99.5 Å². The second kappa shape index (κ2) is 12.7. The van der Waals surface area contributed by atoms with E-state index in [9.17, 15) is 0 Å². The zero-order valence-corrected chi connectivity index (χ0v) is 28.5. The van der Waals surface area contributed by atoms with E-state index in [4.69, 9.17) is 25.8 Å². The first-order valence-corrected chi connectivity index (χ1v) is 16.7. The number of rotatable bonds is 5. The third-order valence-corrected chi connectivity index (χ3v) is 9.74. The number of piperidine rings is 1. The van der Waals surface area contributed by atoms with Crippen LogP contribution in [-0.2, 0) is 0 Å². The van der Waals surface area contributed by atoms with Gasteiger partial charge in [-0.15, -0.1) is 0 Å². The topological polar surface area (TPSA) is 105 Å². The number of fused-ring (bicyclic) bond motifs is 2. The zero-order chi connectivity index (χ0) is 32.8. The van der Waals surface area contributed by atoms with E-state index >= 15 is 0 Å². The Morgan fingerprint density at radius 1 is 0.766 bits per heavy atom. The maximum absolute atomic E-state index is 7.03. The molecule has 0 amide bonds. The largest absolute Gasteiger partial charge is 0.377 e. The van der Waals surface area contributed by atoms with Gasteiger partial charge in [0.25, 0.3) is 0 Å². The summed E-state index contributed by atoms with van der Waals surface area (Å²) >= 11 is 0. The summed E-state index contributed by atoms with van der Waals surface area (Å²) in [6.45, 7) is 10.0. The van der Waals surface area contributed by atoms with Gasteiger partial charge in [-0.2, -0.15) is 4.99 Å². The van der Waals surface area contributed by atoms with Gasteiger partial charge in [-0.3, -0.25) is 19.9 Å². The monoisotopic (exact) mass is 633 g/mol. The highest BCUT2D eigenvalue weighted by molar-refractivity contribution is 6.10. The van der Waals surface area contributed by atoms with Gasteiger partial charge < -0.3 is 20.0 Å². The quantitative estimate of drug-likeness (QED) is 0.317. The number of nitrogens with zero attached hydrogens (tertiary/aromatic N) is 9. The van der Waals surface area contributed by atoms with Crippen LogP contribution in [0.1, 0.15) is 41.5 Å². The predicted octanol–water partition coefficient (Wildman–Crippen LogP) is 3.89. The van der Waals surface area contributed by atoms with Gasteiger partial charge in [0.1, 0.15) is 0 Å². The highest BCUT2D eigenvalue weighted by atomic mass is 15.6. The number of hydrogen-bond donors (Lipinski definition) is 2. The molecule has 2 saturated heterocycles. The van der Waals surface area contributed by atoms with E-state index in [0.29, 0.717) is 11.9 Å². The molecule has 2 aromatic heterocycles. The van der Waals surface area contributed by atoms with Crippen molar-refractivity contribution in [2.45, 2.75) is 38.9 Å². The average Bonchev–Trinajstić information content (AvgIpc) is 3.07. The maximum atomic E-state index is 7.03. The standard InChI is InChI=1S/C36H47N11/c1-23-19-32(43(3)4)28-21-25(7-9-30(28)39-23)34-41-35(26-8-10-31-29(22-26)33(44(5)6)20-24(2)40-31)47(37)36(42-34)46-17-15-45(16-18-46)27-11-13-38-14-12-27/h7-10,19-22,27,35,38H,11-18,37H2,1-6H3. The number of piperazine rings is 1. The Labute approximate surface area is 277 Å². The summed E-state index contributed by atoms with van der Waals surface area (Å²) < 4.78 is 0. The number of hydrogen-bond acceptors (Lipinski definition) is 11. The molecule has 2 fully saturated rings. The molecule has 47 heavy (non-hydrogen) atoms. The Morgan fingerprint density at radius 3 is 1.98 bits per heavy atom. The van der Waals surface area contributed by atoms with Gasteiger partial charge in [0.05, 0.1) is 11.0 Å². The molecule has 0 saturated carbocycles. The predicted molar refractivity (Wildman–Crippen MR) is 193 cm³/mol. The number of amidine groups is 1. The number of pyridine rings is 2.